The van der Waals surface area contributed by atoms with Crippen molar-refractivity contribution in [3.8, 4) is 11.5 Å². The van der Waals surface area contributed by atoms with Gasteiger partial charge in [-0.1, -0.05) is 11.6 Å². The van der Waals surface area contributed by atoms with E-state index in [4.69, 9.17) is 21.1 Å². The second kappa shape index (κ2) is 9.00. The smallest absolute Gasteiger partial charge is 0.270 e. The molecule has 0 unspecified atom stereocenters. The van der Waals surface area contributed by atoms with Crippen LogP contribution in [0.1, 0.15) is 29.6 Å². The maximum Gasteiger partial charge on any atom is 0.270 e. The van der Waals surface area contributed by atoms with Crippen LogP contribution in [0.5, 0.6) is 11.5 Å². The van der Waals surface area contributed by atoms with E-state index in [2.05, 4.69) is 10.2 Å². The topological polar surface area (TPSA) is 93.9 Å². The van der Waals surface area contributed by atoms with E-state index < -0.39 is 10.8 Å². The number of nitro groups is 1. The number of ether oxygens (including phenoxy) is 2. The van der Waals surface area contributed by atoms with Gasteiger partial charge in [0.1, 0.15) is 11.5 Å². The largest absolute Gasteiger partial charge is 0.495 e. The molecule has 29 heavy (non-hydrogen) atoms. The van der Waals surface area contributed by atoms with E-state index >= 15 is 0 Å². The Balaban J connectivity index is 1.99. The molecule has 0 radical (unpaired) electrons. The van der Waals surface area contributed by atoms with Gasteiger partial charge in [-0.15, -0.1) is 0 Å². The number of carbonyl (C=O) groups excluding carboxylic acids is 1. The number of carbonyl (C=O) groups is 1. The standard InChI is InChI=1S/C20H22ClN3O5/c1-28-18-12-16(19(29-2)11-15(18)21)22-20(25)14-10-13(24(26)27)6-7-17(14)23-8-4-3-5-9-23/h6-7,10-12H,3-5,8-9H2,1-2H3,(H,22,25). The first-order chi connectivity index (χ1) is 13.9. The molecule has 1 fully saturated rings. The number of hydrogen-bond donors (Lipinski definition) is 1. The fourth-order valence-electron chi connectivity index (χ4n) is 3.38. The molecule has 2 aromatic carbocycles. The van der Waals surface area contributed by atoms with E-state index in [1.165, 1.54) is 32.4 Å². The number of non-ortho nitro benzene ring substituents is 1. The Labute approximate surface area is 173 Å². The highest BCUT2D eigenvalue weighted by atomic mass is 35.5. The quantitative estimate of drug-likeness (QED) is 0.547. The minimum Gasteiger partial charge on any atom is -0.495 e. The summed E-state index contributed by atoms with van der Waals surface area (Å²) in [6, 6.07) is 7.45. The lowest BCUT2D eigenvalue weighted by molar-refractivity contribution is -0.384. The maximum absolute atomic E-state index is 13.1. The Morgan fingerprint density at radius 1 is 1.10 bits per heavy atom. The second-order valence-electron chi connectivity index (χ2n) is 6.65. The predicted octanol–water partition coefficient (Wildman–Crippen LogP) is 4.51. The number of methoxy groups -OCH3 is 2. The van der Waals surface area contributed by atoms with Gasteiger partial charge in [-0.05, 0) is 25.3 Å². The summed E-state index contributed by atoms with van der Waals surface area (Å²) in [7, 11) is 2.93. The van der Waals surface area contributed by atoms with Gasteiger partial charge in [-0.2, -0.15) is 0 Å². The number of nitrogens with zero attached hydrogens (tertiary/aromatic N) is 2. The van der Waals surface area contributed by atoms with E-state index in [1.54, 1.807) is 12.1 Å². The molecule has 1 N–H and O–H groups in total. The highest BCUT2D eigenvalue weighted by molar-refractivity contribution is 6.32. The first kappa shape index (κ1) is 20.7. The third-order valence-corrected chi connectivity index (χ3v) is 5.15. The molecule has 0 aliphatic carbocycles. The molecule has 1 heterocycles. The van der Waals surface area contributed by atoms with Gasteiger partial charge in [0.2, 0.25) is 0 Å². The predicted molar refractivity (Wildman–Crippen MR) is 112 cm³/mol. The van der Waals surface area contributed by atoms with Crippen LogP contribution in [-0.2, 0) is 0 Å². The van der Waals surface area contributed by atoms with E-state index in [0.29, 0.717) is 27.9 Å². The second-order valence-corrected chi connectivity index (χ2v) is 7.05. The monoisotopic (exact) mass is 419 g/mol. The average molecular weight is 420 g/mol. The Bertz CT molecular complexity index is 929. The minimum absolute atomic E-state index is 0.142. The van der Waals surface area contributed by atoms with E-state index in [-0.39, 0.29) is 11.3 Å². The van der Waals surface area contributed by atoms with Crippen molar-refractivity contribution in [2.24, 2.45) is 0 Å². The van der Waals surface area contributed by atoms with E-state index in [0.717, 1.165) is 32.4 Å². The number of rotatable bonds is 6. The third kappa shape index (κ3) is 4.54. The molecular weight excluding hydrogens is 398 g/mol. The Kier molecular flexibility index (Phi) is 6.43. The Hall–Kier alpha value is -3.00. The number of anilines is 2. The first-order valence-electron chi connectivity index (χ1n) is 9.21. The van der Waals surface area contributed by atoms with Crippen LogP contribution >= 0.6 is 11.6 Å². The van der Waals surface area contributed by atoms with Crippen molar-refractivity contribution in [3.63, 3.8) is 0 Å². The summed E-state index contributed by atoms with van der Waals surface area (Å²) < 4.78 is 10.5. The molecule has 8 nitrogen and oxygen atoms in total. The van der Waals surface area contributed by atoms with Gasteiger partial charge in [-0.3, -0.25) is 14.9 Å². The Morgan fingerprint density at radius 3 is 2.41 bits per heavy atom. The van der Waals surface area contributed by atoms with Gasteiger partial charge in [0.05, 0.1) is 41.1 Å². The average Bonchev–Trinajstić information content (AvgIpc) is 2.74. The summed E-state index contributed by atoms with van der Waals surface area (Å²) in [4.78, 5) is 25.9. The van der Waals surface area contributed by atoms with Gasteiger partial charge in [0, 0.05) is 37.4 Å². The van der Waals surface area contributed by atoms with Crippen molar-refractivity contribution in [3.05, 3.63) is 51.0 Å². The summed E-state index contributed by atoms with van der Waals surface area (Å²) in [5.74, 6) is 0.254. The maximum atomic E-state index is 13.1. The molecule has 0 spiro atoms. The van der Waals surface area contributed by atoms with Crippen molar-refractivity contribution in [1.29, 1.82) is 0 Å². The number of nitro benzene ring substituents is 1. The molecule has 1 aliphatic heterocycles. The Morgan fingerprint density at radius 2 is 1.79 bits per heavy atom. The normalized spacial score (nSPS) is 13.7. The van der Waals surface area contributed by atoms with Crippen LogP contribution in [0.15, 0.2) is 30.3 Å². The van der Waals surface area contributed by atoms with Gasteiger partial charge >= 0.3 is 0 Å². The molecule has 1 saturated heterocycles. The summed E-state index contributed by atoms with van der Waals surface area (Å²) in [5.41, 5.74) is 1.12. The van der Waals surface area contributed by atoms with Gasteiger partial charge in [-0.25, -0.2) is 0 Å². The summed E-state index contributed by atoms with van der Waals surface area (Å²) in [5, 5.41) is 14.4. The van der Waals surface area contributed by atoms with Crippen molar-refractivity contribution in [1.82, 2.24) is 0 Å². The van der Waals surface area contributed by atoms with Crippen LogP contribution in [-0.4, -0.2) is 38.1 Å². The molecular formula is C20H22ClN3O5. The lowest BCUT2D eigenvalue weighted by atomic mass is 10.1. The van der Waals surface area contributed by atoms with Crippen molar-refractivity contribution >= 4 is 34.6 Å². The third-order valence-electron chi connectivity index (χ3n) is 4.85. The molecule has 0 atom stereocenters. The van der Waals surface area contributed by atoms with Crippen LogP contribution < -0.4 is 19.7 Å². The van der Waals surface area contributed by atoms with Gasteiger partial charge in [0.25, 0.3) is 11.6 Å². The number of benzene rings is 2. The van der Waals surface area contributed by atoms with Crippen molar-refractivity contribution < 1.29 is 19.2 Å². The van der Waals surface area contributed by atoms with Crippen LogP contribution in [0.25, 0.3) is 0 Å². The van der Waals surface area contributed by atoms with E-state index in [9.17, 15) is 14.9 Å². The number of piperidine rings is 1. The molecule has 2 aromatic rings. The van der Waals surface area contributed by atoms with Crippen LogP contribution in [0.2, 0.25) is 5.02 Å². The summed E-state index contributed by atoms with van der Waals surface area (Å²) in [6.45, 7) is 1.60. The first-order valence-corrected chi connectivity index (χ1v) is 9.58. The van der Waals surface area contributed by atoms with Crippen LogP contribution in [0.3, 0.4) is 0 Å². The van der Waals surface area contributed by atoms with Crippen LogP contribution in [0, 0.1) is 10.1 Å². The molecule has 0 saturated carbocycles. The van der Waals surface area contributed by atoms with Crippen molar-refractivity contribution in [2.45, 2.75) is 19.3 Å². The number of hydrogen-bond acceptors (Lipinski definition) is 6. The molecule has 1 amide bonds. The minimum atomic E-state index is -0.511. The molecule has 3 rings (SSSR count). The fraction of sp³-hybridized carbons (Fsp3) is 0.350. The molecule has 0 bridgehead atoms. The van der Waals surface area contributed by atoms with Crippen LogP contribution in [0.4, 0.5) is 17.1 Å². The number of nitrogens with one attached hydrogen (secondary N) is 1. The number of halogens is 1. The summed E-state index contributed by atoms with van der Waals surface area (Å²) >= 11 is 6.12. The SMILES string of the molecule is COc1cc(NC(=O)c2cc([N+](=O)[O-])ccc2N2CCCCC2)c(OC)cc1Cl. The molecule has 154 valence electrons. The zero-order valence-electron chi connectivity index (χ0n) is 16.2. The lowest BCUT2D eigenvalue weighted by Gasteiger charge is -2.30. The molecule has 1 aliphatic rings. The summed E-state index contributed by atoms with van der Waals surface area (Å²) in [6.07, 6.45) is 3.16. The van der Waals surface area contributed by atoms with Crippen molar-refractivity contribution in [2.75, 3.05) is 37.5 Å². The van der Waals surface area contributed by atoms with Gasteiger partial charge in [0.15, 0.2) is 0 Å². The zero-order chi connectivity index (χ0) is 21.0. The number of amides is 1. The highest BCUT2D eigenvalue weighted by Crippen LogP contribution is 2.37. The molecule has 9 heteroatoms. The zero-order valence-corrected chi connectivity index (χ0v) is 17.0. The molecule has 0 aromatic heterocycles. The van der Waals surface area contributed by atoms with E-state index in [1.807, 2.05) is 0 Å². The highest BCUT2D eigenvalue weighted by Gasteiger charge is 2.23. The van der Waals surface area contributed by atoms with Gasteiger partial charge < -0.3 is 19.7 Å². The fourth-order valence-corrected chi connectivity index (χ4v) is 3.61. The lowest BCUT2D eigenvalue weighted by Crippen LogP contribution is -2.31.